The van der Waals surface area contributed by atoms with Crippen LogP contribution in [0.2, 0.25) is 0 Å². The van der Waals surface area contributed by atoms with E-state index >= 15 is 0 Å². The SMILES string of the molecule is COc1ccc(C/C(C(=O)c2cc(OC)c(OC)c(OC)c2)=C(\C(=O)O)c2ccc3nsnc3c2)cc1. The number of carboxylic acid groups (broad SMARTS) is 1. The molecule has 0 amide bonds. The Morgan fingerprint density at radius 2 is 1.43 bits per heavy atom. The number of benzene rings is 3. The van der Waals surface area contributed by atoms with E-state index in [0.29, 0.717) is 28.1 Å². The number of carbonyl (C=O) groups excluding carboxylic acids is 1. The highest BCUT2D eigenvalue weighted by Gasteiger charge is 2.26. The minimum atomic E-state index is -1.24. The predicted octanol–water partition coefficient (Wildman–Crippen LogP) is 4.69. The number of carboxylic acids is 1. The lowest BCUT2D eigenvalue weighted by Gasteiger charge is -2.16. The molecule has 0 aliphatic heterocycles. The first-order chi connectivity index (χ1) is 17.9. The van der Waals surface area contributed by atoms with Gasteiger partial charge in [0, 0.05) is 17.6 Å². The van der Waals surface area contributed by atoms with Crippen LogP contribution in [0.5, 0.6) is 23.0 Å². The van der Waals surface area contributed by atoms with Crippen LogP contribution in [-0.2, 0) is 11.2 Å². The summed E-state index contributed by atoms with van der Waals surface area (Å²) in [5.41, 5.74) is 2.40. The van der Waals surface area contributed by atoms with Crippen LogP contribution in [0.25, 0.3) is 16.6 Å². The van der Waals surface area contributed by atoms with Gasteiger partial charge in [0.25, 0.3) is 0 Å². The van der Waals surface area contributed by atoms with Gasteiger partial charge in [-0.2, -0.15) is 8.75 Å². The summed E-state index contributed by atoms with van der Waals surface area (Å²) in [4.78, 5) is 26.7. The van der Waals surface area contributed by atoms with Crippen LogP contribution in [0.3, 0.4) is 0 Å². The van der Waals surface area contributed by atoms with Gasteiger partial charge >= 0.3 is 5.97 Å². The van der Waals surface area contributed by atoms with Crippen LogP contribution in [0.1, 0.15) is 21.5 Å². The third-order valence-corrected chi connectivity index (χ3v) is 6.36. The molecule has 0 aliphatic carbocycles. The average molecular weight is 521 g/mol. The molecular formula is C27H24N2O7S. The number of methoxy groups -OCH3 is 4. The van der Waals surface area contributed by atoms with E-state index in [2.05, 4.69) is 8.75 Å². The fraction of sp³-hybridized carbons (Fsp3) is 0.185. The first kappa shape index (κ1) is 25.6. The molecule has 0 saturated carbocycles. The summed E-state index contributed by atoms with van der Waals surface area (Å²) >= 11 is 1.03. The number of nitrogens with zero attached hydrogens (tertiary/aromatic N) is 2. The van der Waals surface area contributed by atoms with Gasteiger partial charge in [0.05, 0.1) is 45.7 Å². The van der Waals surface area contributed by atoms with Gasteiger partial charge in [-0.05, 0) is 47.5 Å². The fourth-order valence-electron chi connectivity index (χ4n) is 3.98. The van der Waals surface area contributed by atoms with E-state index in [4.69, 9.17) is 18.9 Å². The minimum Gasteiger partial charge on any atom is -0.497 e. The van der Waals surface area contributed by atoms with Crippen molar-refractivity contribution in [1.82, 2.24) is 8.75 Å². The Balaban J connectivity index is 1.93. The van der Waals surface area contributed by atoms with Crippen molar-refractivity contribution in [3.05, 3.63) is 76.9 Å². The second-order valence-corrected chi connectivity index (χ2v) is 8.42. The van der Waals surface area contributed by atoms with Crippen molar-refractivity contribution >= 4 is 40.1 Å². The molecule has 9 nitrogen and oxygen atoms in total. The summed E-state index contributed by atoms with van der Waals surface area (Å²) in [5, 5.41) is 10.3. The number of ether oxygens (including phenoxy) is 4. The summed E-state index contributed by atoms with van der Waals surface area (Å²) in [6, 6.07) is 15.0. The summed E-state index contributed by atoms with van der Waals surface area (Å²) in [7, 11) is 5.90. The molecule has 0 bridgehead atoms. The van der Waals surface area contributed by atoms with Gasteiger partial charge in [-0.15, -0.1) is 0 Å². The largest absolute Gasteiger partial charge is 0.497 e. The number of hydrogen-bond acceptors (Lipinski definition) is 9. The van der Waals surface area contributed by atoms with Crippen molar-refractivity contribution in [2.24, 2.45) is 0 Å². The third-order valence-electron chi connectivity index (χ3n) is 5.80. The van der Waals surface area contributed by atoms with E-state index in [1.54, 1.807) is 49.6 Å². The quantitative estimate of drug-likeness (QED) is 0.235. The molecule has 0 spiro atoms. The Labute approximate surface area is 217 Å². The molecule has 1 heterocycles. The number of aliphatic carboxylic acids is 1. The van der Waals surface area contributed by atoms with Gasteiger partial charge in [0.1, 0.15) is 16.8 Å². The monoisotopic (exact) mass is 520 g/mol. The lowest BCUT2D eigenvalue weighted by atomic mass is 9.89. The lowest BCUT2D eigenvalue weighted by Crippen LogP contribution is -2.14. The van der Waals surface area contributed by atoms with Gasteiger partial charge in [-0.3, -0.25) is 4.79 Å². The first-order valence-corrected chi connectivity index (χ1v) is 11.8. The van der Waals surface area contributed by atoms with E-state index in [-0.39, 0.29) is 34.6 Å². The van der Waals surface area contributed by atoms with Crippen LogP contribution in [0.15, 0.2) is 60.2 Å². The van der Waals surface area contributed by atoms with E-state index in [1.165, 1.54) is 33.5 Å². The van der Waals surface area contributed by atoms with Crippen molar-refractivity contribution in [3.63, 3.8) is 0 Å². The third kappa shape index (κ3) is 5.24. The van der Waals surface area contributed by atoms with Gasteiger partial charge in [-0.1, -0.05) is 18.2 Å². The molecule has 0 fully saturated rings. The Bertz CT molecular complexity index is 1470. The maximum Gasteiger partial charge on any atom is 0.336 e. The second kappa shape index (κ2) is 11.1. The number of Topliss-reactive ketones (excluding diaryl/α,β-unsaturated/α-hetero) is 1. The second-order valence-electron chi connectivity index (χ2n) is 7.89. The zero-order chi connectivity index (χ0) is 26.5. The number of rotatable bonds is 10. The van der Waals surface area contributed by atoms with Crippen LogP contribution in [0.4, 0.5) is 0 Å². The molecule has 1 aromatic heterocycles. The molecule has 190 valence electrons. The number of aromatic nitrogens is 2. The molecule has 3 aromatic carbocycles. The number of carbonyl (C=O) groups is 2. The van der Waals surface area contributed by atoms with Gasteiger partial charge in [-0.25, -0.2) is 4.79 Å². The van der Waals surface area contributed by atoms with E-state index in [1.807, 2.05) is 0 Å². The Morgan fingerprint density at radius 1 is 0.784 bits per heavy atom. The Kier molecular flexibility index (Phi) is 7.69. The van der Waals surface area contributed by atoms with E-state index < -0.39 is 11.8 Å². The minimum absolute atomic E-state index is 0.0501. The predicted molar refractivity (Wildman–Crippen MR) is 139 cm³/mol. The highest BCUT2D eigenvalue weighted by Crippen LogP contribution is 2.39. The molecule has 10 heteroatoms. The van der Waals surface area contributed by atoms with Crippen LogP contribution < -0.4 is 18.9 Å². The summed E-state index contributed by atoms with van der Waals surface area (Å²) in [5.74, 6) is -0.218. The van der Waals surface area contributed by atoms with Crippen LogP contribution in [0, 0.1) is 0 Å². The number of allylic oxidation sites excluding steroid dienone is 1. The van der Waals surface area contributed by atoms with Crippen LogP contribution in [-0.4, -0.2) is 54.0 Å². The standard InChI is InChI=1S/C27H24N2O7S/c1-33-18-8-5-15(6-9-18)11-19(24(27(31)32)16-7-10-20-21(12-16)29-37-28-20)25(30)17-13-22(34-2)26(36-4)23(14-17)35-3/h5-10,12-14H,11H2,1-4H3,(H,31,32)/b24-19+. The number of fused-ring (bicyclic) bond motifs is 1. The maximum atomic E-state index is 14.0. The number of ketones is 1. The van der Waals surface area contributed by atoms with Gasteiger partial charge in [0.15, 0.2) is 17.3 Å². The Hall–Kier alpha value is -4.44. The smallest absolute Gasteiger partial charge is 0.336 e. The summed E-state index contributed by atoms with van der Waals surface area (Å²) in [6.07, 6.45) is 0.0501. The topological polar surface area (TPSA) is 117 Å². The molecule has 37 heavy (non-hydrogen) atoms. The molecule has 4 aromatic rings. The molecule has 0 unspecified atom stereocenters. The fourth-order valence-corrected chi connectivity index (χ4v) is 4.50. The highest BCUT2D eigenvalue weighted by atomic mass is 32.1. The van der Waals surface area contributed by atoms with Crippen molar-refractivity contribution in [2.75, 3.05) is 28.4 Å². The normalized spacial score (nSPS) is 11.6. The van der Waals surface area contributed by atoms with Crippen molar-refractivity contribution < 1.29 is 33.6 Å². The lowest BCUT2D eigenvalue weighted by molar-refractivity contribution is -0.130. The zero-order valence-corrected chi connectivity index (χ0v) is 21.4. The molecule has 1 N–H and O–H groups in total. The Morgan fingerprint density at radius 3 is 2.00 bits per heavy atom. The summed E-state index contributed by atoms with van der Waals surface area (Å²) < 4.78 is 29.8. The molecule has 4 rings (SSSR count). The molecular weight excluding hydrogens is 496 g/mol. The number of hydrogen-bond donors (Lipinski definition) is 1. The van der Waals surface area contributed by atoms with Crippen molar-refractivity contribution in [2.45, 2.75) is 6.42 Å². The highest BCUT2D eigenvalue weighted by molar-refractivity contribution is 7.00. The molecule has 0 aliphatic rings. The van der Waals surface area contributed by atoms with Crippen molar-refractivity contribution in [1.29, 1.82) is 0 Å². The van der Waals surface area contributed by atoms with E-state index in [9.17, 15) is 14.7 Å². The van der Waals surface area contributed by atoms with Crippen molar-refractivity contribution in [3.8, 4) is 23.0 Å². The zero-order valence-electron chi connectivity index (χ0n) is 20.6. The van der Waals surface area contributed by atoms with E-state index in [0.717, 1.165) is 17.3 Å². The average Bonchev–Trinajstić information content (AvgIpc) is 3.39. The first-order valence-electron chi connectivity index (χ1n) is 11.1. The summed E-state index contributed by atoms with van der Waals surface area (Å²) in [6.45, 7) is 0. The molecule has 0 atom stereocenters. The molecule has 0 radical (unpaired) electrons. The molecule has 0 saturated heterocycles. The van der Waals surface area contributed by atoms with Gasteiger partial charge < -0.3 is 24.1 Å². The van der Waals surface area contributed by atoms with Crippen LogP contribution >= 0.6 is 11.7 Å². The van der Waals surface area contributed by atoms with Gasteiger partial charge in [0.2, 0.25) is 5.75 Å². The maximum absolute atomic E-state index is 14.0.